The molecular weight excluding hydrogens is 392 g/mol. The summed E-state index contributed by atoms with van der Waals surface area (Å²) in [5, 5.41) is 3.22. The molecule has 0 saturated carbocycles. The fraction of sp³-hybridized carbons (Fsp3) is 0.182. The molecule has 142 valence electrons. The van der Waals surface area contributed by atoms with Gasteiger partial charge in [-0.25, -0.2) is 4.98 Å². The maximum absolute atomic E-state index is 13.1. The number of halogens is 1. The second kappa shape index (κ2) is 7.78. The van der Waals surface area contributed by atoms with E-state index >= 15 is 0 Å². The van der Waals surface area contributed by atoms with E-state index in [1.165, 1.54) is 22.5 Å². The number of ether oxygens (including phenoxy) is 1. The molecule has 4 aromatic rings. The predicted octanol–water partition coefficient (Wildman–Crippen LogP) is 5.47. The summed E-state index contributed by atoms with van der Waals surface area (Å²) in [5.41, 5.74) is 4.35. The van der Waals surface area contributed by atoms with Gasteiger partial charge in [-0.2, -0.15) is 0 Å². The van der Waals surface area contributed by atoms with E-state index in [4.69, 9.17) is 16.3 Å². The molecule has 4 rings (SSSR count). The van der Waals surface area contributed by atoms with Gasteiger partial charge in [0.15, 0.2) is 0 Å². The topological polar surface area (TPSA) is 44.1 Å². The van der Waals surface area contributed by atoms with Crippen LogP contribution in [0.4, 0.5) is 0 Å². The van der Waals surface area contributed by atoms with Crippen LogP contribution < -0.4 is 10.3 Å². The monoisotopic (exact) mass is 410 g/mol. The quantitative estimate of drug-likeness (QED) is 0.438. The normalized spacial score (nSPS) is 11.1. The molecule has 0 fully saturated rings. The Morgan fingerprint density at radius 3 is 2.75 bits per heavy atom. The van der Waals surface area contributed by atoms with Crippen LogP contribution in [0.15, 0.2) is 59.0 Å². The van der Waals surface area contributed by atoms with Gasteiger partial charge in [0.2, 0.25) is 0 Å². The van der Waals surface area contributed by atoms with Gasteiger partial charge in [0, 0.05) is 10.9 Å². The van der Waals surface area contributed by atoms with Gasteiger partial charge < -0.3 is 4.74 Å². The Balaban J connectivity index is 1.64. The van der Waals surface area contributed by atoms with Crippen LogP contribution in [0.25, 0.3) is 21.3 Å². The number of aromatic nitrogens is 2. The van der Waals surface area contributed by atoms with Gasteiger partial charge in [-0.3, -0.25) is 9.36 Å². The van der Waals surface area contributed by atoms with Crippen LogP contribution >= 0.6 is 22.9 Å². The molecule has 2 aromatic carbocycles. The molecule has 0 bridgehead atoms. The molecule has 6 heteroatoms. The summed E-state index contributed by atoms with van der Waals surface area (Å²) >= 11 is 7.60. The number of hydrogen-bond donors (Lipinski definition) is 0. The minimum absolute atomic E-state index is 0.0535. The first-order valence-corrected chi connectivity index (χ1v) is 10.2. The van der Waals surface area contributed by atoms with Crippen molar-refractivity contribution in [2.75, 3.05) is 6.61 Å². The molecule has 0 radical (unpaired) electrons. The summed E-state index contributed by atoms with van der Waals surface area (Å²) in [7, 11) is 0. The minimum Gasteiger partial charge on any atom is -0.490 e. The highest BCUT2D eigenvalue weighted by Crippen LogP contribution is 2.31. The maximum Gasteiger partial charge on any atom is 0.262 e. The molecule has 0 saturated heterocycles. The van der Waals surface area contributed by atoms with Gasteiger partial charge in [-0.15, -0.1) is 11.3 Å². The lowest BCUT2D eigenvalue weighted by Gasteiger charge is -2.10. The number of benzene rings is 2. The summed E-state index contributed by atoms with van der Waals surface area (Å²) in [6.07, 6.45) is 1.58. The van der Waals surface area contributed by atoms with Crippen molar-refractivity contribution in [3.05, 3.63) is 80.7 Å². The lowest BCUT2D eigenvalue weighted by atomic mass is 10.0. The number of thiophene rings is 1. The summed E-state index contributed by atoms with van der Waals surface area (Å²) in [6.45, 7) is 4.89. The zero-order valence-electron chi connectivity index (χ0n) is 15.6. The first-order valence-electron chi connectivity index (χ1n) is 8.96. The Morgan fingerprint density at radius 2 is 1.96 bits per heavy atom. The zero-order valence-corrected chi connectivity index (χ0v) is 17.2. The standard InChI is InChI=1S/C22H19ClN2O2S/c1-14-7-8-16(11-15(14)2)17-12-28-21-20(17)22(26)25(13-24-21)9-10-27-19-6-4-3-5-18(19)23/h3-8,11-13H,9-10H2,1-2H3. The smallest absolute Gasteiger partial charge is 0.262 e. The van der Waals surface area contributed by atoms with E-state index in [9.17, 15) is 4.79 Å². The van der Waals surface area contributed by atoms with Crippen molar-refractivity contribution >= 4 is 33.2 Å². The number of rotatable bonds is 5. The molecule has 0 unspecified atom stereocenters. The van der Waals surface area contributed by atoms with Gasteiger partial charge in [0.25, 0.3) is 5.56 Å². The van der Waals surface area contributed by atoms with Crippen LogP contribution in [0, 0.1) is 13.8 Å². The predicted molar refractivity (Wildman–Crippen MR) is 116 cm³/mol. The average molecular weight is 411 g/mol. The van der Waals surface area contributed by atoms with Gasteiger partial charge in [-0.05, 0) is 42.7 Å². The third-order valence-electron chi connectivity index (χ3n) is 4.81. The van der Waals surface area contributed by atoms with Crippen LogP contribution in [0.3, 0.4) is 0 Å². The molecule has 28 heavy (non-hydrogen) atoms. The number of aryl methyl sites for hydroxylation is 2. The lowest BCUT2D eigenvalue weighted by molar-refractivity contribution is 0.296. The van der Waals surface area contributed by atoms with E-state index in [1.807, 2.05) is 23.6 Å². The average Bonchev–Trinajstić information content (AvgIpc) is 3.12. The summed E-state index contributed by atoms with van der Waals surface area (Å²) in [6, 6.07) is 13.6. The number of hydrogen-bond acceptors (Lipinski definition) is 4. The molecule has 2 aromatic heterocycles. The molecule has 0 aliphatic heterocycles. The highest BCUT2D eigenvalue weighted by atomic mass is 35.5. The molecule has 2 heterocycles. The van der Waals surface area contributed by atoms with Crippen molar-refractivity contribution in [1.29, 1.82) is 0 Å². The molecule has 4 nitrogen and oxygen atoms in total. The van der Waals surface area contributed by atoms with Gasteiger partial charge >= 0.3 is 0 Å². The summed E-state index contributed by atoms with van der Waals surface area (Å²) in [4.78, 5) is 18.3. The van der Waals surface area contributed by atoms with E-state index in [1.54, 1.807) is 17.0 Å². The molecule has 0 aliphatic carbocycles. The molecule has 0 amide bonds. The van der Waals surface area contributed by atoms with Gasteiger partial charge in [0.1, 0.15) is 17.2 Å². The third kappa shape index (κ3) is 3.55. The largest absolute Gasteiger partial charge is 0.490 e. The SMILES string of the molecule is Cc1ccc(-c2csc3ncn(CCOc4ccccc4Cl)c(=O)c23)cc1C. The van der Waals surface area contributed by atoms with Crippen molar-refractivity contribution in [2.45, 2.75) is 20.4 Å². The second-order valence-electron chi connectivity index (χ2n) is 6.65. The summed E-state index contributed by atoms with van der Waals surface area (Å²) in [5.74, 6) is 0.609. The highest BCUT2D eigenvalue weighted by molar-refractivity contribution is 7.17. The first-order chi connectivity index (χ1) is 13.5. The van der Waals surface area contributed by atoms with Crippen molar-refractivity contribution in [3.8, 4) is 16.9 Å². The number of nitrogens with zero attached hydrogens (tertiary/aromatic N) is 2. The lowest BCUT2D eigenvalue weighted by Crippen LogP contribution is -2.23. The van der Waals surface area contributed by atoms with Crippen molar-refractivity contribution in [2.24, 2.45) is 0 Å². The minimum atomic E-state index is -0.0535. The maximum atomic E-state index is 13.1. The third-order valence-corrected chi connectivity index (χ3v) is 6.00. The number of para-hydroxylation sites is 1. The fourth-order valence-corrected chi connectivity index (χ4v) is 4.16. The summed E-state index contributed by atoms with van der Waals surface area (Å²) < 4.78 is 7.31. The van der Waals surface area contributed by atoms with E-state index in [0.29, 0.717) is 29.3 Å². The first kappa shape index (κ1) is 18.7. The van der Waals surface area contributed by atoms with Crippen molar-refractivity contribution in [1.82, 2.24) is 9.55 Å². The van der Waals surface area contributed by atoms with Crippen molar-refractivity contribution in [3.63, 3.8) is 0 Å². The Morgan fingerprint density at radius 1 is 1.14 bits per heavy atom. The van der Waals surface area contributed by atoms with Crippen LogP contribution in [0.2, 0.25) is 5.02 Å². The highest BCUT2D eigenvalue weighted by Gasteiger charge is 2.14. The second-order valence-corrected chi connectivity index (χ2v) is 7.92. The zero-order chi connectivity index (χ0) is 19.7. The van der Waals surface area contributed by atoms with Crippen LogP contribution in [-0.2, 0) is 6.54 Å². The Kier molecular flexibility index (Phi) is 5.20. The number of fused-ring (bicyclic) bond motifs is 1. The van der Waals surface area contributed by atoms with Crippen LogP contribution in [-0.4, -0.2) is 16.2 Å². The van der Waals surface area contributed by atoms with E-state index in [0.717, 1.165) is 16.0 Å². The van der Waals surface area contributed by atoms with Gasteiger partial charge in [-0.1, -0.05) is 41.9 Å². The van der Waals surface area contributed by atoms with Crippen LogP contribution in [0.1, 0.15) is 11.1 Å². The molecular formula is C22H19ClN2O2S. The molecule has 0 spiro atoms. The van der Waals surface area contributed by atoms with E-state index in [-0.39, 0.29) is 5.56 Å². The molecule has 0 atom stereocenters. The Bertz CT molecular complexity index is 1210. The Hall–Kier alpha value is -2.63. The Labute approximate surface area is 172 Å². The fourth-order valence-electron chi connectivity index (χ4n) is 3.06. The van der Waals surface area contributed by atoms with Crippen LogP contribution in [0.5, 0.6) is 5.75 Å². The molecule has 0 N–H and O–H groups in total. The van der Waals surface area contributed by atoms with E-state index < -0.39 is 0 Å². The molecule has 0 aliphatic rings. The van der Waals surface area contributed by atoms with Crippen molar-refractivity contribution < 1.29 is 4.74 Å². The van der Waals surface area contributed by atoms with E-state index in [2.05, 4.69) is 37.0 Å². The van der Waals surface area contributed by atoms with Gasteiger partial charge in [0.05, 0.1) is 23.3 Å².